The van der Waals surface area contributed by atoms with Gasteiger partial charge in [-0.3, -0.25) is 9.59 Å². The van der Waals surface area contributed by atoms with E-state index in [2.05, 4.69) is 4.99 Å². The Hall–Kier alpha value is -2.78. The SMILES string of the molecule is COCOc1cccc2c1C(=O)C[C@@H]1[C@@H](/C=C3\N=C(c4ccccc4)SC3=O)OC(C)(C)O[C@]21C. The Morgan fingerprint density at radius 3 is 2.63 bits per heavy atom. The van der Waals surface area contributed by atoms with Crippen LogP contribution in [-0.2, 0) is 24.6 Å². The summed E-state index contributed by atoms with van der Waals surface area (Å²) in [5.41, 5.74) is 1.61. The van der Waals surface area contributed by atoms with Crippen molar-refractivity contribution in [1.82, 2.24) is 0 Å². The van der Waals surface area contributed by atoms with E-state index in [1.165, 1.54) is 7.11 Å². The number of carbonyl (C=O) groups excluding carboxylic acids is 2. The summed E-state index contributed by atoms with van der Waals surface area (Å²) in [7, 11) is 1.53. The number of benzene rings is 2. The number of ketones is 1. The molecular formula is C27H27NO6S. The molecule has 35 heavy (non-hydrogen) atoms. The molecule has 2 heterocycles. The van der Waals surface area contributed by atoms with Crippen LogP contribution >= 0.6 is 11.8 Å². The number of hydrogen-bond donors (Lipinski definition) is 0. The Morgan fingerprint density at radius 1 is 1.11 bits per heavy atom. The van der Waals surface area contributed by atoms with Gasteiger partial charge in [0.05, 0.1) is 11.7 Å². The van der Waals surface area contributed by atoms with E-state index in [4.69, 9.17) is 18.9 Å². The quantitative estimate of drug-likeness (QED) is 0.435. The topological polar surface area (TPSA) is 83.4 Å². The van der Waals surface area contributed by atoms with Crippen molar-refractivity contribution < 1.29 is 28.5 Å². The molecule has 0 radical (unpaired) electrons. The van der Waals surface area contributed by atoms with Crippen LogP contribution in [0.2, 0.25) is 0 Å². The van der Waals surface area contributed by atoms with Gasteiger partial charge in [-0.05, 0) is 50.2 Å². The molecule has 2 aromatic carbocycles. The summed E-state index contributed by atoms with van der Waals surface area (Å²) in [6, 6.07) is 15.1. The number of hydrogen-bond acceptors (Lipinski definition) is 8. The zero-order valence-corrected chi connectivity index (χ0v) is 20.9. The second kappa shape index (κ2) is 9.02. The third kappa shape index (κ3) is 4.36. The van der Waals surface area contributed by atoms with E-state index >= 15 is 0 Å². The van der Waals surface area contributed by atoms with Crippen molar-refractivity contribution in [3.8, 4) is 5.75 Å². The van der Waals surface area contributed by atoms with Crippen LogP contribution in [0.1, 0.15) is 48.7 Å². The van der Waals surface area contributed by atoms with E-state index in [1.54, 1.807) is 12.1 Å². The molecule has 0 unspecified atom stereocenters. The Labute approximate surface area is 208 Å². The van der Waals surface area contributed by atoms with E-state index in [0.717, 1.165) is 22.9 Å². The van der Waals surface area contributed by atoms with Gasteiger partial charge in [-0.25, -0.2) is 4.99 Å². The normalized spacial score (nSPS) is 28.5. The van der Waals surface area contributed by atoms with Crippen LogP contribution in [0.15, 0.2) is 65.3 Å². The molecule has 0 amide bonds. The molecule has 5 rings (SSSR count). The average Bonchev–Trinajstić information content (AvgIpc) is 3.19. The second-order valence-electron chi connectivity index (χ2n) is 9.38. The predicted molar refractivity (Wildman–Crippen MR) is 132 cm³/mol. The lowest BCUT2D eigenvalue weighted by atomic mass is 9.68. The molecule has 1 aliphatic carbocycles. The maximum absolute atomic E-state index is 13.4. The molecule has 182 valence electrons. The van der Waals surface area contributed by atoms with E-state index in [9.17, 15) is 9.59 Å². The zero-order valence-electron chi connectivity index (χ0n) is 20.1. The minimum Gasteiger partial charge on any atom is -0.467 e. The molecule has 8 heteroatoms. The third-order valence-electron chi connectivity index (χ3n) is 6.52. The summed E-state index contributed by atoms with van der Waals surface area (Å²) in [5.74, 6) is -0.912. The fraction of sp³-hybridized carbons (Fsp3) is 0.370. The Bertz CT molecular complexity index is 1240. The number of ether oxygens (including phenoxy) is 4. The Kier molecular flexibility index (Phi) is 6.17. The van der Waals surface area contributed by atoms with Gasteiger partial charge in [0.2, 0.25) is 5.12 Å². The summed E-state index contributed by atoms with van der Waals surface area (Å²) in [6.07, 6.45) is 1.38. The Balaban J connectivity index is 1.55. The first-order valence-electron chi connectivity index (χ1n) is 11.5. The number of fused-ring (bicyclic) bond motifs is 3. The number of methoxy groups -OCH3 is 1. The summed E-state index contributed by atoms with van der Waals surface area (Å²) in [4.78, 5) is 30.8. The fourth-order valence-corrected chi connectivity index (χ4v) is 5.90. The molecule has 2 aromatic rings. The molecule has 0 N–H and O–H groups in total. The molecule has 1 fully saturated rings. The minimum absolute atomic E-state index is 0.0373. The van der Waals surface area contributed by atoms with Crippen molar-refractivity contribution >= 4 is 27.7 Å². The van der Waals surface area contributed by atoms with Crippen LogP contribution in [0.5, 0.6) is 5.75 Å². The number of aliphatic imine (C=N–C) groups is 1. The van der Waals surface area contributed by atoms with Crippen LogP contribution in [-0.4, -0.2) is 41.7 Å². The van der Waals surface area contributed by atoms with Crippen molar-refractivity contribution in [3.63, 3.8) is 0 Å². The van der Waals surface area contributed by atoms with Gasteiger partial charge in [-0.15, -0.1) is 0 Å². The number of carbonyl (C=O) groups is 2. The molecule has 1 saturated heterocycles. The van der Waals surface area contributed by atoms with Crippen LogP contribution in [0, 0.1) is 5.92 Å². The lowest BCUT2D eigenvalue weighted by molar-refractivity contribution is -0.350. The Morgan fingerprint density at radius 2 is 1.89 bits per heavy atom. The monoisotopic (exact) mass is 493 g/mol. The number of Topliss-reactive ketones (excluding diaryl/α,β-unsaturated/α-hetero) is 1. The maximum Gasteiger partial charge on any atom is 0.243 e. The molecule has 0 aromatic heterocycles. The van der Waals surface area contributed by atoms with Gasteiger partial charge in [0, 0.05) is 25.0 Å². The van der Waals surface area contributed by atoms with E-state index < -0.39 is 17.5 Å². The molecule has 0 bridgehead atoms. The van der Waals surface area contributed by atoms with Gasteiger partial charge >= 0.3 is 0 Å². The van der Waals surface area contributed by atoms with Crippen molar-refractivity contribution in [1.29, 1.82) is 0 Å². The van der Waals surface area contributed by atoms with Gasteiger partial charge in [0.15, 0.2) is 18.4 Å². The van der Waals surface area contributed by atoms with Crippen molar-refractivity contribution in [2.75, 3.05) is 13.9 Å². The van der Waals surface area contributed by atoms with Gasteiger partial charge < -0.3 is 18.9 Å². The second-order valence-corrected chi connectivity index (χ2v) is 10.3. The lowest BCUT2D eigenvalue weighted by Gasteiger charge is -2.53. The van der Waals surface area contributed by atoms with Crippen molar-refractivity contribution in [3.05, 3.63) is 77.0 Å². The van der Waals surface area contributed by atoms with Gasteiger partial charge in [0.1, 0.15) is 22.1 Å². The highest BCUT2D eigenvalue weighted by Crippen LogP contribution is 2.52. The summed E-state index contributed by atoms with van der Waals surface area (Å²) >= 11 is 1.10. The van der Waals surface area contributed by atoms with Gasteiger partial charge in [-0.2, -0.15) is 0 Å². The summed E-state index contributed by atoms with van der Waals surface area (Å²) in [5, 5.41) is 0.511. The standard InChI is InChI=1S/C27H27NO6S/c1-26(2)33-22(14-19-25(30)35-24(28-19)16-9-6-5-7-10-16)18-13-20(29)23-17(27(18,3)34-26)11-8-12-21(23)32-15-31-4/h5-12,14,18,22H,13,15H2,1-4H3/b19-14-/t18-,22-,27-/m1/s1. The first kappa shape index (κ1) is 23.9. The van der Waals surface area contributed by atoms with Crippen LogP contribution < -0.4 is 4.74 Å². The highest BCUT2D eigenvalue weighted by Gasteiger charge is 2.55. The van der Waals surface area contributed by atoms with E-state index in [0.29, 0.717) is 22.1 Å². The van der Waals surface area contributed by atoms with Gasteiger partial charge in [-0.1, -0.05) is 42.5 Å². The van der Waals surface area contributed by atoms with Crippen molar-refractivity contribution in [2.45, 2.75) is 44.7 Å². The molecular weight excluding hydrogens is 466 g/mol. The largest absolute Gasteiger partial charge is 0.467 e. The number of nitrogens with zero attached hydrogens (tertiary/aromatic N) is 1. The molecule has 3 aliphatic rings. The van der Waals surface area contributed by atoms with E-state index in [1.807, 2.05) is 63.2 Å². The van der Waals surface area contributed by atoms with E-state index in [-0.39, 0.29) is 30.0 Å². The highest BCUT2D eigenvalue weighted by molar-refractivity contribution is 8.27. The molecule has 7 nitrogen and oxygen atoms in total. The molecule has 0 saturated carbocycles. The summed E-state index contributed by atoms with van der Waals surface area (Å²) < 4.78 is 23.5. The van der Waals surface area contributed by atoms with Crippen LogP contribution in [0.3, 0.4) is 0 Å². The van der Waals surface area contributed by atoms with Crippen LogP contribution in [0.25, 0.3) is 0 Å². The number of rotatable bonds is 5. The molecule has 0 spiro atoms. The maximum atomic E-state index is 13.4. The first-order valence-corrected chi connectivity index (χ1v) is 12.3. The van der Waals surface area contributed by atoms with Crippen molar-refractivity contribution in [2.24, 2.45) is 10.9 Å². The average molecular weight is 494 g/mol. The highest BCUT2D eigenvalue weighted by atomic mass is 32.2. The lowest BCUT2D eigenvalue weighted by Crippen LogP contribution is -2.58. The zero-order chi connectivity index (χ0) is 24.8. The fourth-order valence-electron chi connectivity index (χ4n) is 5.11. The summed E-state index contributed by atoms with van der Waals surface area (Å²) in [6.45, 7) is 5.69. The van der Waals surface area contributed by atoms with Crippen LogP contribution in [0.4, 0.5) is 0 Å². The number of thioether (sulfide) groups is 1. The third-order valence-corrected chi connectivity index (χ3v) is 7.44. The predicted octanol–water partition coefficient (Wildman–Crippen LogP) is 4.84. The molecule has 3 atom stereocenters. The van der Waals surface area contributed by atoms with Gasteiger partial charge in [0.25, 0.3) is 0 Å². The molecule has 2 aliphatic heterocycles. The smallest absolute Gasteiger partial charge is 0.243 e. The first-order chi connectivity index (χ1) is 16.7. The minimum atomic E-state index is -0.963.